The van der Waals surface area contributed by atoms with Gasteiger partial charge in [-0.05, 0) is 6.42 Å². The fourth-order valence-corrected chi connectivity index (χ4v) is 2.03. The summed E-state index contributed by atoms with van der Waals surface area (Å²) in [6.07, 6.45) is 10.1. The summed E-state index contributed by atoms with van der Waals surface area (Å²) in [4.78, 5) is 21.9. The molecule has 0 saturated heterocycles. The van der Waals surface area contributed by atoms with Crippen LogP contribution in [0.2, 0.25) is 0 Å². The highest BCUT2D eigenvalue weighted by Gasteiger charge is 2.39. The predicted octanol–water partition coefficient (Wildman–Crippen LogP) is 1.66. The van der Waals surface area contributed by atoms with E-state index < -0.39 is 11.0 Å². The minimum absolute atomic E-state index is 0.0590. The first kappa shape index (κ1) is 9.83. The van der Waals surface area contributed by atoms with E-state index in [9.17, 15) is 14.9 Å². The molecule has 2 rings (SSSR count). The molecule has 0 bridgehead atoms. The first-order valence-corrected chi connectivity index (χ1v) is 4.93. The number of allylic oxidation sites excluding steroid dienone is 5. The van der Waals surface area contributed by atoms with Crippen LogP contribution >= 0.6 is 0 Å². The Bertz CT molecular complexity index is 393. The van der Waals surface area contributed by atoms with Crippen molar-refractivity contribution < 1.29 is 9.72 Å². The van der Waals surface area contributed by atoms with Crippen LogP contribution in [0.4, 0.5) is 0 Å². The van der Waals surface area contributed by atoms with E-state index in [-0.39, 0.29) is 11.7 Å². The SMILES string of the molecule is O=C1C2=CC=CC=CC2CCC1[N+](=O)[O-]. The first-order chi connectivity index (χ1) is 7.20. The summed E-state index contributed by atoms with van der Waals surface area (Å²) in [7, 11) is 0. The second-order valence-corrected chi connectivity index (χ2v) is 3.74. The van der Waals surface area contributed by atoms with Gasteiger partial charge >= 0.3 is 0 Å². The minimum atomic E-state index is -1.03. The Morgan fingerprint density at radius 2 is 2.07 bits per heavy atom. The van der Waals surface area contributed by atoms with Gasteiger partial charge in [0.25, 0.3) is 6.04 Å². The van der Waals surface area contributed by atoms with Crippen molar-refractivity contribution in [2.75, 3.05) is 0 Å². The van der Waals surface area contributed by atoms with Crippen molar-refractivity contribution in [2.24, 2.45) is 5.92 Å². The fourth-order valence-electron chi connectivity index (χ4n) is 2.03. The zero-order chi connectivity index (χ0) is 10.8. The van der Waals surface area contributed by atoms with Crippen LogP contribution in [0.3, 0.4) is 0 Å². The smallest absolute Gasteiger partial charge is 0.274 e. The van der Waals surface area contributed by atoms with Crippen molar-refractivity contribution in [3.8, 4) is 0 Å². The van der Waals surface area contributed by atoms with Crippen LogP contribution in [-0.2, 0) is 4.79 Å². The molecule has 1 saturated carbocycles. The summed E-state index contributed by atoms with van der Waals surface area (Å²) in [5, 5.41) is 10.6. The highest BCUT2D eigenvalue weighted by molar-refractivity contribution is 6.00. The van der Waals surface area contributed by atoms with E-state index in [0.29, 0.717) is 18.4 Å². The molecular weight excluding hydrogens is 194 g/mol. The summed E-state index contributed by atoms with van der Waals surface area (Å²) < 4.78 is 0. The summed E-state index contributed by atoms with van der Waals surface area (Å²) in [6.45, 7) is 0. The lowest BCUT2D eigenvalue weighted by molar-refractivity contribution is -0.508. The van der Waals surface area contributed by atoms with Crippen LogP contribution in [0.5, 0.6) is 0 Å². The molecule has 78 valence electrons. The molecule has 0 N–H and O–H groups in total. The topological polar surface area (TPSA) is 60.2 Å². The molecule has 0 radical (unpaired) electrons. The number of rotatable bonds is 1. The third-order valence-corrected chi connectivity index (χ3v) is 2.83. The maximum absolute atomic E-state index is 11.8. The van der Waals surface area contributed by atoms with E-state index >= 15 is 0 Å². The van der Waals surface area contributed by atoms with Crippen molar-refractivity contribution in [3.05, 3.63) is 46.1 Å². The van der Waals surface area contributed by atoms with Crippen molar-refractivity contribution in [2.45, 2.75) is 18.9 Å². The molecule has 2 aliphatic carbocycles. The Morgan fingerprint density at radius 1 is 1.27 bits per heavy atom. The zero-order valence-corrected chi connectivity index (χ0v) is 8.13. The van der Waals surface area contributed by atoms with Crippen molar-refractivity contribution in [1.29, 1.82) is 0 Å². The second kappa shape index (κ2) is 3.81. The Hall–Kier alpha value is -1.71. The van der Waals surface area contributed by atoms with Gasteiger partial charge in [-0.2, -0.15) is 0 Å². The molecule has 4 nitrogen and oxygen atoms in total. The van der Waals surface area contributed by atoms with Gasteiger partial charge in [0.1, 0.15) is 0 Å². The Kier molecular flexibility index (Phi) is 2.49. The van der Waals surface area contributed by atoms with E-state index in [1.807, 2.05) is 18.2 Å². The minimum Gasteiger partial charge on any atom is -0.287 e. The molecule has 0 amide bonds. The number of carbonyl (C=O) groups is 1. The standard InChI is InChI=1S/C11H11NO3/c13-11-9-5-3-1-2-4-8(9)6-7-10(11)12(14)15/h1-5,8,10H,6-7H2. The van der Waals surface area contributed by atoms with E-state index in [1.165, 1.54) is 0 Å². The molecule has 0 aliphatic heterocycles. The molecule has 2 unspecified atom stereocenters. The van der Waals surface area contributed by atoms with Crippen LogP contribution in [-0.4, -0.2) is 16.7 Å². The van der Waals surface area contributed by atoms with Crippen LogP contribution in [0.1, 0.15) is 12.8 Å². The van der Waals surface area contributed by atoms with E-state index in [4.69, 9.17) is 0 Å². The molecule has 4 heteroatoms. The van der Waals surface area contributed by atoms with Crippen LogP contribution in [0, 0.1) is 16.0 Å². The summed E-state index contributed by atoms with van der Waals surface area (Å²) in [6, 6.07) is -1.03. The zero-order valence-electron chi connectivity index (χ0n) is 8.13. The molecule has 2 atom stereocenters. The summed E-state index contributed by atoms with van der Waals surface area (Å²) in [5.74, 6) is -0.267. The maximum Gasteiger partial charge on any atom is 0.274 e. The number of hydrogen-bond acceptors (Lipinski definition) is 3. The van der Waals surface area contributed by atoms with Gasteiger partial charge in [0, 0.05) is 22.8 Å². The maximum atomic E-state index is 11.8. The molecule has 15 heavy (non-hydrogen) atoms. The van der Waals surface area contributed by atoms with Crippen LogP contribution < -0.4 is 0 Å². The lowest BCUT2D eigenvalue weighted by Crippen LogP contribution is -2.37. The van der Waals surface area contributed by atoms with Crippen molar-refractivity contribution in [3.63, 3.8) is 0 Å². The average molecular weight is 205 g/mol. The fraction of sp³-hybridized carbons (Fsp3) is 0.364. The Balaban J connectivity index is 2.30. The van der Waals surface area contributed by atoms with Gasteiger partial charge in [0.15, 0.2) is 0 Å². The first-order valence-electron chi connectivity index (χ1n) is 4.93. The van der Waals surface area contributed by atoms with Gasteiger partial charge in [-0.1, -0.05) is 30.4 Å². The molecule has 2 aliphatic rings. The largest absolute Gasteiger partial charge is 0.287 e. The number of hydrogen-bond donors (Lipinski definition) is 0. The monoisotopic (exact) mass is 205 g/mol. The van der Waals surface area contributed by atoms with Crippen LogP contribution in [0.25, 0.3) is 0 Å². The lowest BCUT2D eigenvalue weighted by atomic mass is 9.80. The van der Waals surface area contributed by atoms with Crippen LogP contribution in [0.15, 0.2) is 36.0 Å². The Morgan fingerprint density at radius 3 is 2.80 bits per heavy atom. The van der Waals surface area contributed by atoms with E-state index in [1.54, 1.807) is 12.2 Å². The number of Topliss-reactive ketones (excluding diaryl/α,β-unsaturated/α-hetero) is 1. The third kappa shape index (κ3) is 1.75. The van der Waals surface area contributed by atoms with Gasteiger partial charge in [-0.25, -0.2) is 0 Å². The molecule has 0 spiro atoms. The molecule has 0 aromatic carbocycles. The molecule has 0 aromatic heterocycles. The normalized spacial score (nSPS) is 29.3. The van der Waals surface area contributed by atoms with Crippen molar-refractivity contribution >= 4 is 5.78 Å². The van der Waals surface area contributed by atoms with Gasteiger partial charge in [0.05, 0.1) is 0 Å². The number of fused-ring (bicyclic) bond motifs is 1. The average Bonchev–Trinajstić information content (AvgIpc) is 2.43. The number of nitrogens with zero attached hydrogens (tertiary/aromatic N) is 1. The van der Waals surface area contributed by atoms with E-state index in [2.05, 4.69) is 0 Å². The van der Waals surface area contributed by atoms with E-state index in [0.717, 1.165) is 0 Å². The summed E-state index contributed by atoms with van der Waals surface area (Å²) in [5.41, 5.74) is 0.577. The highest BCUT2D eigenvalue weighted by Crippen LogP contribution is 2.30. The lowest BCUT2D eigenvalue weighted by Gasteiger charge is -2.22. The molecule has 1 fully saturated rings. The van der Waals surface area contributed by atoms with Crippen molar-refractivity contribution in [1.82, 2.24) is 0 Å². The predicted molar refractivity (Wildman–Crippen MR) is 54.9 cm³/mol. The Labute approximate surface area is 87.1 Å². The highest BCUT2D eigenvalue weighted by atomic mass is 16.6. The van der Waals surface area contributed by atoms with Gasteiger partial charge in [0.2, 0.25) is 5.78 Å². The number of ketones is 1. The third-order valence-electron chi connectivity index (χ3n) is 2.83. The van der Waals surface area contributed by atoms with Gasteiger partial charge in [-0.15, -0.1) is 0 Å². The molecule has 0 aromatic rings. The quantitative estimate of drug-likeness (QED) is 0.483. The second-order valence-electron chi connectivity index (χ2n) is 3.74. The molecular formula is C11H11NO3. The number of nitro groups is 1. The number of carbonyl (C=O) groups excluding carboxylic acids is 1. The molecule has 0 heterocycles. The summed E-state index contributed by atoms with van der Waals surface area (Å²) >= 11 is 0. The van der Waals surface area contributed by atoms with Gasteiger partial charge in [-0.3, -0.25) is 14.9 Å². The van der Waals surface area contributed by atoms with Gasteiger partial charge < -0.3 is 0 Å².